The van der Waals surface area contributed by atoms with Gasteiger partial charge in [0.2, 0.25) is 5.91 Å². The van der Waals surface area contributed by atoms with Gasteiger partial charge in [-0.2, -0.15) is 0 Å². The van der Waals surface area contributed by atoms with Crippen molar-refractivity contribution >= 4 is 5.91 Å². The van der Waals surface area contributed by atoms with Gasteiger partial charge >= 0.3 is 0 Å². The predicted octanol–water partition coefficient (Wildman–Crippen LogP) is 4.82. The van der Waals surface area contributed by atoms with Gasteiger partial charge in [-0.25, -0.2) is 0 Å². The summed E-state index contributed by atoms with van der Waals surface area (Å²) < 4.78 is 11.1. The van der Waals surface area contributed by atoms with E-state index in [1.807, 2.05) is 6.08 Å². The van der Waals surface area contributed by atoms with Crippen molar-refractivity contribution in [1.82, 2.24) is 5.32 Å². The molecule has 0 aromatic carbocycles. The Morgan fingerprint density at radius 3 is 1.95 bits per heavy atom. The topological polar surface area (TPSA) is 149 Å². The van der Waals surface area contributed by atoms with Crippen LogP contribution in [-0.4, -0.2) is 87.5 Å². The number of nitrogens with one attached hydrogen (secondary N) is 1. The fraction of sp³-hybridized carbons (Fsp3) is 0.853. The van der Waals surface area contributed by atoms with Crippen LogP contribution in [0, 0.1) is 0 Å². The summed E-state index contributed by atoms with van der Waals surface area (Å²) in [5, 5.41) is 53.6. The highest BCUT2D eigenvalue weighted by Crippen LogP contribution is 2.22. The molecule has 1 fully saturated rings. The molecule has 1 amide bonds. The quantitative estimate of drug-likeness (QED) is 0.0601. The van der Waals surface area contributed by atoms with E-state index in [1.165, 1.54) is 70.6 Å². The van der Waals surface area contributed by atoms with E-state index >= 15 is 0 Å². The molecule has 1 rings (SSSR count). The van der Waals surface area contributed by atoms with E-state index in [4.69, 9.17) is 9.47 Å². The highest BCUT2D eigenvalue weighted by molar-refractivity contribution is 5.76. The molecule has 6 N–H and O–H groups in total. The molecule has 1 saturated heterocycles. The highest BCUT2D eigenvalue weighted by Gasteiger charge is 2.44. The molecule has 7 atom stereocenters. The molecule has 252 valence electrons. The van der Waals surface area contributed by atoms with Gasteiger partial charge < -0.3 is 40.3 Å². The molecule has 0 aromatic heterocycles. The van der Waals surface area contributed by atoms with Gasteiger partial charge in [-0.3, -0.25) is 4.79 Å². The lowest BCUT2D eigenvalue weighted by Gasteiger charge is -2.40. The maximum atomic E-state index is 12.7. The number of hydrogen-bond donors (Lipinski definition) is 6. The van der Waals surface area contributed by atoms with Crippen molar-refractivity contribution < 1.29 is 39.8 Å². The molecule has 0 saturated carbocycles. The van der Waals surface area contributed by atoms with E-state index in [0.717, 1.165) is 38.5 Å². The van der Waals surface area contributed by atoms with Gasteiger partial charge in [0.1, 0.15) is 24.4 Å². The van der Waals surface area contributed by atoms with E-state index in [2.05, 4.69) is 31.3 Å². The van der Waals surface area contributed by atoms with Crippen molar-refractivity contribution in [2.24, 2.45) is 0 Å². The lowest BCUT2D eigenvalue weighted by atomic mass is 9.99. The summed E-state index contributed by atoms with van der Waals surface area (Å²) in [7, 11) is 0. The maximum Gasteiger partial charge on any atom is 0.220 e. The van der Waals surface area contributed by atoms with Gasteiger partial charge in [-0.05, 0) is 32.1 Å². The van der Waals surface area contributed by atoms with Crippen molar-refractivity contribution in [2.45, 2.75) is 172 Å². The molecule has 0 bridgehead atoms. The smallest absolute Gasteiger partial charge is 0.220 e. The Balaban J connectivity index is 2.57. The Bertz CT molecular complexity index is 731. The van der Waals surface area contributed by atoms with Crippen LogP contribution in [-0.2, 0) is 14.3 Å². The zero-order chi connectivity index (χ0) is 31.7. The first-order chi connectivity index (χ1) is 20.8. The normalized spacial score (nSPS) is 24.1. The Morgan fingerprint density at radius 2 is 1.33 bits per heavy atom. The van der Waals surface area contributed by atoms with E-state index in [1.54, 1.807) is 6.08 Å². The van der Waals surface area contributed by atoms with Crippen LogP contribution in [0.15, 0.2) is 24.3 Å². The maximum absolute atomic E-state index is 12.7. The Kier molecular flexibility index (Phi) is 23.9. The first kappa shape index (κ1) is 39.7. The number of carbonyl (C=O) groups excluding carboxylic acids is 1. The molecular formula is C34H63NO8. The van der Waals surface area contributed by atoms with Crippen LogP contribution in [0.2, 0.25) is 0 Å². The van der Waals surface area contributed by atoms with Gasteiger partial charge in [0, 0.05) is 6.42 Å². The molecular weight excluding hydrogens is 550 g/mol. The Hall–Kier alpha value is -1.33. The third-order valence-corrected chi connectivity index (χ3v) is 8.03. The van der Waals surface area contributed by atoms with Crippen LogP contribution in [0.25, 0.3) is 0 Å². The van der Waals surface area contributed by atoms with E-state index in [0.29, 0.717) is 6.42 Å². The number of unbranched alkanes of at least 4 members (excludes halogenated alkanes) is 14. The summed E-state index contributed by atoms with van der Waals surface area (Å²) in [4.78, 5) is 12.7. The summed E-state index contributed by atoms with van der Waals surface area (Å²) in [6.45, 7) is 3.66. The van der Waals surface area contributed by atoms with Crippen LogP contribution in [0.3, 0.4) is 0 Å². The zero-order valence-electron chi connectivity index (χ0n) is 27.0. The minimum atomic E-state index is -1.56. The minimum Gasteiger partial charge on any atom is -0.394 e. The van der Waals surface area contributed by atoms with Crippen LogP contribution in [0.5, 0.6) is 0 Å². The zero-order valence-corrected chi connectivity index (χ0v) is 27.0. The van der Waals surface area contributed by atoms with Crippen LogP contribution >= 0.6 is 0 Å². The number of amides is 1. The predicted molar refractivity (Wildman–Crippen MR) is 170 cm³/mol. The summed E-state index contributed by atoms with van der Waals surface area (Å²) in [5.74, 6) is -0.195. The second-order valence-electron chi connectivity index (χ2n) is 12.0. The number of aliphatic hydroxyl groups excluding tert-OH is 5. The molecule has 0 spiro atoms. The second-order valence-corrected chi connectivity index (χ2v) is 12.0. The number of rotatable bonds is 26. The van der Waals surface area contributed by atoms with Crippen molar-refractivity contribution in [3.8, 4) is 0 Å². The second kappa shape index (κ2) is 25.9. The van der Waals surface area contributed by atoms with Gasteiger partial charge in [0.05, 0.1) is 25.4 Å². The van der Waals surface area contributed by atoms with Crippen molar-refractivity contribution in [3.05, 3.63) is 24.3 Å². The van der Waals surface area contributed by atoms with Gasteiger partial charge in [0.15, 0.2) is 6.29 Å². The summed E-state index contributed by atoms with van der Waals surface area (Å²) in [5.41, 5.74) is 0. The molecule has 0 radical (unpaired) electrons. The van der Waals surface area contributed by atoms with Crippen molar-refractivity contribution in [2.75, 3.05) is 13.2 Å². The number of hydrogen-bond acceptors (Lipinski definition) is 8. The molecule has 1 aliphatic rings. The summed E-state index contributed by atoms with van der Waals surface area (Å²) in [6, 6.07) is -0.812. The Labute approximate surface area is 260 Å². The summed E-state index contributed by atoms with van der Waals surface area (Å²) in [6.07, 6.45) is 19.5. The fourth-order valence-electron chi connectivity index (χ4n) is 5.17. The number of allylic oxidation sites excluding steroid dienone is 3. The number of ether oxygens (including phenoxy) is 2. The largest absolute Gasteiger partial charge is 0.394 e. The molecule has 1 aliphatic heterocycles. The third-order valence-electron chi connectivity index (χ3n) is 8.03. The minimum absolute atomic E-state index is 0.195. The molecule has 9 heteroatoms. The van der Waals surface area contributed by atoms with Crippen molar-refractivity contribution in [3.63, 3.8) is 0 Å². The lowest BCUT2D eigenvalue weighted by molar-refractivity contribution is -0.302. The standard InChI is InChI=1S/C34H63NO8/c1-3-5-7-9-11-13-14-16-17-19-21-23-28(37)27(26-42-34-33(41)32(40)31(39)29(25-36)43-34)35-30(38)24-22-20-18-15-12-10-8-6-4-2/h14,16,21,23,27-29,31-34,36-37,39-41H,3-13,15,17-20,22,24-26H2,1-2H3,(H,35,38)/b16-14+,23-21+/t27-,28+,29+,31+,32?,33?,34+/m0/s1. The molecule has 1 heterocycles. The SMILES string of the molecule is CCCCCCC/C=C/CC/C=C/[C@@H](O)[C@H](CO[C@@H]1O[C@H](CO)[C@@H](O)C(O)C1O)NC(=O)CCCCCCCCCCC. The van der Waals surface area contributed by atoms with E-state index < -0.39 is 49.5 Å². The van der Waals surface area contributed by atoms with Gasteiger partial charge in [-0.15, -0.1) is 0 Å². The molecule has 43 heavy (non-hydrogen) atoms. The van der Waals surface area contributed by atoms with Crippen molar-refractivity contribution in [1.29, 1.82) is 0 Å². The average Bonchev–Trinajstić information content (AvgIpc) is 3.00. The highest BCUT2D eigenvalue weighted by atomic mass is 16.7. The van der Waals surface area contributed by atoms with Gasteiger partial charge in [0.25, 0.3) is 0 Å². The first-order valence-corrected chi connectivity index (χ1v) is 17.1. The number of carbonyl (C=O) groups is 1. The molecule has 0 aromatic rings. The average molecular weight is 614 g/mol. The van der Waals surface area contributed by atoms with Crippen LogP contribution in [0.4, 0.5) is 0 Å². The molecule has 2 unspecified atom stereocenters. The van der Waals surface area contributed by atoms with Crippen LogP contribution in [0.1, 0.15) is 129 Å². The number of aliphatic hydroxyl groups is 5. The fourth-order valence-corrected chi connectivity index (χ4v) is 5.17. The monoisotopic (exact) mass is 613 g/mol. The third kappa shape index (κ3) is 18.3. The summed E-state index contributed by atoms with van der Waals surface area (Å²) >= 11 is 0. The first-order valence-electron chi connectivity index (χ1n) is 17.1. The van der Waals surface area contributed by atoms with E-state index in [-0.39, 0.29) is 12.5 Å². The molecule has 0 aliphatic carbocycles. The van der Waals surface area contributed by atoms with Gasteiger partial charge in [-0.1, -0.05) is 115 Å². The van der Waals surface area contributed by atoms with E-state index in [9.17, 15) is 30.3 Å². The molecule has 9 nitrogen and oxygen atoms in total. The lowest BCUT2D eigenvalue weighted by Crippen LogP contribution is -2.60. The van der Waals surface area contributed by atoms with Crippen LogP contribution < -0.4 is 5.32 Å². The Morgan fingerprint density at radius 1 is 0.767 bits per heavy atom.